The first kappa shape index (κ1) is 67.9. The molecule has 71 heavy (non-hydrogen) atoms. The lowest BCUT2D eigenvalue weighted by Crippen LogP contribution is -2.60. The number of carbonyl (C=O) groups excluding carboxylic acids is 1. The standard InChI is InChI=1S/C62H121NO8/c1-3-5-7-9-11-13-15-17-18-19-20-21-22-23-24-25-26-27-28-29-30-31-32-33-34-35-36-37-38-40-42-44-46-48-50-52-58(66)63-55(54-70-62-61(69)60(68)59(67)57(53-64)71-62)56(65)51-49-47-45-43-41-39-16-14-12-10-8-6-4-2/h19-20,55-57,59-62,64-65,67-69H,3-18,21-54H2,1-2H3,(H,63,66)/b20-19-. The molecule has 0 aromatic heterocycles. The summed E-state index contributed by atoms with van der Waals surface area (Å²) in [5, 5.41) is 54.6. The lowest BCUT2D eigenvalue weighted by molar-refractivity contribution is -0.302. The van der Waals surface area contributed by atoms with E-state index in [1.165, 1.54) is 257 Å². The molecule has 1 aliphatic rings. The molecule has 1 fully saturated rings. The number of aliphatic hydroxyl groups excluding tert-OH is 5. The Morgan fingerprint density at radius 2 is 0.789 bits per heavy atom. The predicted octanol–water partition coefficient (Wildman–Crippen LogP) is 16.0. The van der Waals surface area contributed by atoms with Crippen molar-refractivity contribution in [2.75, 3.05) is 13.2 Å². The van der Waals surface area contributed by atoms with Crippen LogP contribution in [0.15, 0.2) is 12.2 Å². The van der Waals surface area contributed by atoms with Gasteiger partial charge in [0.25, 0.3) is 0 Å². The number of allylic oxidation sites excluding steroid dienone is 2. The topological polar surface area (TPSA) is 149 Å². The second-order valence-electron chi connectivity index (χ2n) is 22.2. The van der Waals surface area contributed by atoms with Crippen LogP contribution in [0.2, 0.25) is 0 Å². The smallest absolute Gasteiger partial charge is 0.220 e. The maximum Gasteiger partial charge on any atom is 0.220 e. The van der Waals surface area contributed by atoms with E-state index in [0.29, 0.717) is 12.8 Å². The van der Waals surface area contributed by atoms with Crippen molar-refractivity contribution < 1.29 is 39.8 Å². The van der Waals surface area contributed by atoms with Crippen LogP contribution in [0, 0.1) is 0 Å². The van der Waals surface area contributed by atoms with Gasteiger partial charge < -0.3 is 40.3 Å². The summed E-state index contributed by atoms with van der Waals surface area (Å²) < 4.78 is 11.3. The van der Waals surface area contributed by atoms with Crippen LogP contribution in [0.4, 0.5) is 0 Å². The number of ether oxygens (including phenoxy) is 2. The molecule has 9 heteroatoms. The normalized spacial score (nSPS) is 19.2. The Kier molecular flexibility index (Phi) is 50.1. The molecule has 0 aromatic rings. The number of unbranched alkanes of at least 4 members (excludes halogenated alkanes) is 43. The maximum absolute atomic E-state index is 13.1. The molecular weight excluding hydrogens is 887 g/mol. The van der Waals surface area contributed by atoms with Crippen molar-refractivity contribution in [1.29, 1.82) is 0 Å². The minimum absolute atomic E-state index is 0.132. The first-order valence-electron chi connectivity index (χ1n) is 31.4. The zero-order valence-electron chi connectivity index (χ0n) is 47.0. The molecule has 0 radical (unpaired) electrons. The van der Waals surface area contributed by atoms with E-state index in [1.807, 2.05) is 0 Å². The van der Waals surface area contributed by atoms with Crippen LogP contribution in [0.3, 0.4) is 0 Å². The fourth-order valence-corrected chi connectivity index (χ4v) is 10.4. The van der Waals surface area contributed by atoms with Crippen LogP contribution in [-0.4, -0.2) is 87.5 Å². The van der Waals surface area contributed by atoms with Gasteiger partial charge in [0, 0.05) is 6.42 Å². The molecule has 0 saturated carbocycles. The van der Waals surface area contributed by atoms with Gasteiger partial charge in [-0.3, -0.25) is 4.79 Å². The third kappa shape index (κ3) is 41.8. The van der Waals surface area contributed by atoms with E-state index >= 15 is 0 Å². The van der Waals surface area contributed by atoms with Gasteiger partial charge in [-0.2, -0.15) is 0 Å². The van der Waals surface area contributed by atoms with Crippen molar-refractivity contribution in [3.8, 4) is 0 Å². The first-order chi connectivity index (χ1) is 34.8. The Morgan fingerprint density at radius 1 is 0.465 bits per heavy atom. The van der Waals surface area contributed by atoms with Crippen LogP contribution >= 0.6 is 0 Å². The number of hydrogen-bond acceptors (Lipinski definition) is 8. The predicted molar refractivity (Wildman–Crippen MR) is 300 cm³/mol. The fraction of sp³-hybridized carbons (Fsp3) is 0.952. The third-order valence-electron chi connectivity index (χ3n) is 15.4. The molecule has 422 valence electrons. The molecule has 1 amide bonds. The van der Waals surface area contributed by atoms with Gasteiger partial charge in [0.15, 0.2) is 6.29 Å². The highest BCUT2D eigenvalue weighted by Gasteiger charge is 2.44. The number of nitrogens with one attached hydrogen (secondary N) is 1. The Balaban J connectivity index is 2.04. The van der Waals surface area contributed by atoms with E-state index in [2.05, 4.69) is 31.3 Å². The number of rotatable bonds is 55. The average Bonchev–Trinajstić information content (AvgIpc) is 3.37. The van der Waals surface area contributed by atoms with Crippen molar-refractivity contribution in [1.82, 2.24) is 5.32 Å². The Labute approximate surface area is 439 Å². The van der Waals surface area contributed by atoms with Gasteiger partial charge in [0.2, 0.25) is 5.91 Å². The fourth-order valence-electron chi connectivity index (χ4n) is 10.4. The zero-order chi connectivity index (χ0) is 51.5. The minimum atomic E-state index is -1.55. The van der Waals surface area contributed by atoms with Gasteiger partial charge in [-0.1, -0.05) is 289 Å². The number of carbonyl (C=O) groups is 1. The summed E-state index contributed by atoms with van der Waals surface area (Å²) >= 11 is 0. The third-order valence-corrected chi connectivity index (χ3v) is 15.4. The van der Waals surface area contributed by atoms with Crippen molar-refractivity contribution in [2.45, 2.75) is 365 Å². The maximum atomic E-state index is 13.1. The highest BCUT2D eigenvalue weighted by Crippen LogP contribution is 2.23. The highest BCUT2D eigenvalue weighted by molar-refractivity contribution is 5.76. The van der Waals surface area contributed by atoms with Crippen LogP contribution in [0.1, 0.15) is 322 Å². The number of hydrogen-bond donors (Lipinski definition) is 6. The summed E-state index contributed by atoms with van der Waals surface area (Å²) in [4.78, 5) is 13.1. The molecule has 0 bridgehead atoms. The zero-order valence-corrected chi connectivity index (χ0v) is 47.0. The van der Waals surface area contributed by atoms with Crippen molar-refractivity contribution in [2.24, 2.45) is 0 Å². The Hall–Kier alpha value is -1.07. The second-order valence-corrected chi connectivity index (χ2v) is 22.2. The van der Waals surface area contributed by atoms with Crippen molar-refractivity contribution in [3.05, 3.63) is 12.2 Å². The monoisotopic (exact) mass is 1010 g/mol. The molecule has 1 rings (SSSR count). The highest BCUT2D eigenvalue weighted by atomic mass is 16.7. The first-order valence-corrected chi connectivity index (χ1v) is 31.4. The van der Waals surface area contributed by atoms with Crippen LogP contribution in [0.5, 0.6) is 0 Å². The van der Waals surface area contributed by atoms with Crippen molar-refractivity contribution in [3.63, 3.8) is 0 Å². The van der Waals surface area contributed by atoms with Gasteiger partial charge in [0.1, 0.15) is 24.4 Å². The Morgan fingerprint density at radius 3 is 1.14 bits per heavy atom. The molecular formula is C62H121NO8. The largest absolute Gasteiger partial charge is 0.394 e. The van der Waals surface area contributed by atoms with E-state index in [4.69, 9.17) is 9.47 Å². The van der Waals surface area contributed by atoms with Gasteiger partial charge in [-0.15, -0.1) is 0 Å². The van der Waals surface area contributed by atoms with Crippen LogP contribution in [-0.2, 0) is 14.3 Å². The lowest BCUT2D eigenvalue weighted by Gasteiger charge is -2.40. The SMILES string of the molecule is CCCCCCCCCC/C=C\CCCCCCCCCCCCCCCCCCCCCCCCCC(=O)NC(COC1OC(CO)C(O)C(O)C1O)C(O)CCCCCCCCCCCCCCC. The van der Waals surface area contributed by atoms with Crippen LogP contribution < -0.4 is 5.32 Å². The number of amides is 1. The molecule has 0 spiro atoms. The quantitative estimate of drug-likeness (QED) is 0.0261. The van der Waals surface area contributed by atoms with Gasteiger partial charge >= 0.3 is 0 Å². The van der Waals surface area contributed by atoms with Crippen molar-refractivity contribution >= 4 is 5.91 Å². The minimum Gasteiger partial charge on any atom is -0.394 e. The van der Waals surface area contributed by atoms with E-state index in [1.54, 1.807) is 0 Å². The summed E-state index contributed by atoms with van der Waals surface area (Å²) in [6, 6.07) is -0.714. The Bertz CT molecular complexity index is 1120. The van der Waals surface area contributed by atoms with E-state index in [9.17, 15) is 30.3 Å². The lowest BCUT2D eigenvalue weighted by atomic mass is 9.99. The molecule has 7 atom stereocenters. The molecule has 0 aliphatic carbocycles. The summed E-state index contributed by atoms with van der Waals surface area (Å²) in [6.45, 7) is 3.87. The summed E-state index contributed by atoms with van der Waals surface area (Å²) in [5.74, 6) is -0.138. The summed E-state index contributed by atoms with van der Waals surface area (Å²) in [5.41, 5.74) is 0. The molecule has 1 aliphatic heterocycles. The second kappa shape index (κ2) is 52.4. The van der Waals surface area contributed by atoms with Gasteiger partial charge in [0.05, 0.1) is 25.4 Å². The summed E-state index contributed by atoms with van der Waals surface area (Å²) in [7, 11) is 0. The van der Waals surface area contributed by atoms with E-state index in [-0.39, 0.29) is 12.5 Å². The van der Waals surface area contributed by atoms with Gasteiger partial charge in [-0.25, -0.2) is 0 Å². The summed E-state index contributed by atoms with van der Waals surface area (Å²) in [6.07, 6.45) is 58.5. The van der Waals surface area contributed by atoms with Crippen LogP contribution in [0.25, 0.3) is 0 Å². The molecule has 1 saturated heterocycles. The van der Waals surface area contributed by atoms with E-state index < -0.39 is 49.5 Å². The molecule has 1 heterocycles. The molecule has 0 aromatic carbocycles. The van der Waals surface area contributed by atoms with E-state index in [0.717, 1.165) is 38.5 Å². The molecule has 7 unspecified atom stereocenters. The van der Waals surface area contributed by atoms with Gasteiger partial charge in [-0.05, 0) is 38.5 Å². The average molecular weight is 1010 g/mol. The number of aliphatic hydroxyl groups is 5. The molecule has 6 N–H and O–H groups in total. The molecule has 9 nitrogen and oxygen atoms in total.